The molecule has 6 aromatic rings. The van der Waals surface area contributed by atoms with Crippen molar-refractivity contribution in [1.29, 1.82) is 0 Å². The first-order chi connectivity index (χ1) is 36.4. The van der Waals surface area contributed by atoms with Gasteiger partial charge in [0.1, 0.15) is 58.5 Å². The van der Waals surface area contributed by atoms with Crippen molar-refractivity contribution in [3.8, 4) is 23.0 Å². The molecule has 2 saturated heterocycles. The van der Waals surface area contributed by atoms with Crippen molar-refractivity contribution in [2.24, 2.45) is 0 Å². The average molecular weight is 1020 g/mol. The molecular weight excluding hydrogens is 965 g/mol. The van der Waals surface area contributed by atoms with Crippen LogP contribution in [0.5, 0.6) is 23.0 Å². The van der Waals surface area contributed by atoms with E-state index >= 15 is 0 Å². The van der Waals surface area contributed by atoms with Gasteiger partial charge in [-0.25, -0.2) is 22.4 Å². The van der Waals surface area contributed by atoms with Crippen LogP contribution in [0.25, 0.3) is 34.4 Å². The third-order valence-electron chi connectivity index (χ3n) is 13.3. The summed E-state index contributed by atoms with van der Waals surface area (Å²) in [5.74, 6) is -0.501. The summed E-state index contributed by atoms with van der Waals surface area (Å²) in [6, 6.07) is 33.4. The van der Waals surface area contributed by atoms with E-state index in [4.69, 9.17) is 38.3 Å². The van der Waals surface area contributed by atoms with E-state index in [2.05, 4.69) is 0 Å². The minimum absolute atomic E-state index is 0.0439. The number of ether oxygens (including phenoxy) is 7. The SMILES string of the molecule is CC1=C(c2cc(F)cc(F)c2)C(c2ccc(/C=C/CO)cc2)Oc2cc(OC3CCCCO3)ccc21.CCOC(=O)/C=C/c1ccc(C2Oc3cc(OC4CCCCO4)ccc3C(C)=C2c2cc(F)cc(F)c2)cc1. The number of carbonyl (C=O) groups excluding carboxylic acids is 1. The van der Waals surface area contributed by atoms with Gasteiger partial charge in [-0.05, 0) is 146 Å². The Hall–Kier alpha value is -7.45. The van der Waals surface area contributed by atoms with Crippen molar-refractivity contribution in [3.63, 3.8) is 0 Å². The number of aliphatic hydroxyl groups excluding tert-OH is 1. The van der Waals surface area contributed by atoms with Crippen molar-refractivity contribution in [2.45, 2.75) is 84.1 Å². The van der Waals surface area contributed by atoms with E-state index in [1.54, 1.807) is 19.1 Å². The highest BCUT2D eigenvalue weighted by atomic mass is 19.1. The Labute approximate surface area is 434 Å². The first-order valence-electron chi connectivity index (χ1n) is 25.3. The van der Waals surface area contributed by atoms with Gasteiger partial charge in [-0.2, -0.15) is 0 Å². The predicted molar refractivity (Wildman–Crippen MR) is 280 cm³/mol. The van der Waals surface area contributed by atoms with Crippen LogP contribution in [0.1, 0.15) is 116 Å². The van der Waals surface area contributed by atoms with Crippen LogP contribution >= 0.6 is 0 Å². The minimum Gasteiger partial charge on any atom is -0.480 e. The summed E-state index contributed by atoms with van der Waals surface area (Å²) in [6.45, 7) is 7.24. The molecule has 75 heavy (non-hydrogen) atoms. The van der Waals surface area contributed by atoms with E-state index < -0.39 is 41.4 Å². The van der Waals surface area contributed by atoms with Crippen LogP contribution in [-0.2, 0) is 19.0 Å². The van der Waals surface area contributed by atoms with E-state index in [0.717, 1.165) is 95.2 Å². The van der Waals surface area contributed by atoms with Gasteiger partial charge >= 0.3 is 5.97 Å². The van der Waals surface area contributed by atoms with Crippen LogP contribution in [0, 0.1) is 23.3 Å². The summed E-state index contributed by atoms with van der Waals surface area (Å²) in [6.07, 6.45) is 10.6. The summed E-state index contributed by atoms with van der Waals surface area (Å²) in [4.78, 5) is 11.7. The lowest BCUT2D eigenvalue weighted by Crippen LogP contribution is -2.25. The number of hydrogen-bond acceptors (Lipinski definition) is 9. The zero-order valence-electron chi connectivity index (χ0n) is 42.0. The van der Waals surface area contributed by atoms with E-state index in [-0.39, 0.29) is 19.2 Å². The molecule has 6 aromatic carbocycles. The second-order valence-electron chi connectivity index (χ2n) is 18.5. The largest absolute Gasteiger partial charge is 0.480 e. The molecule has 4 atom stereocenters. The number of hydrogen-bond donors (Lipinski definition) is 1. The van der Waals surface area contributed by atoms with Crippen molar-refractivity contribution < 1.29 is 60.6 Å². The third-order valence-corrected chi connectivity index (χ3v) is 13.3. The predicted octanol–water partition coefficient (Wildman–Crippen LogP) is 14.5. The fraction of sp³-hybridized carbons (Fsp3) is 0.274. The van der Waals surface area contributed by atoms with Crippen molar-refractivity contribution in [3.05, 3.63) is 201 Å². The number of halogens is 4. The molecule has 0 amide bonds. The van der Waals surface area contributed by atoms with Gasteiger partial charge in [0.2, 0.25) is 0 Å². The van der Waals surface area contributed by atoms with Gasteiger partial charge in [0, 0.05) is 65.5 Å². The molecule has 1 N–H and O–H groups in total. The van der Waals surface area contributed by atoms with E-state index in [0.29, 0.717) is 65.1 Å². The monoisotopic (exact) mass is 1020 g/mol. The first-order valence-corrected chi connectivity index (χ1v) is 25.3. The second kappa shape index (κ2) is 24.3. The van der Waals surface area contributed by atoms with E-state index in [1.165, 1.54) is 30.3 Å². The molecular formula is C62H58F4O9. The van der Waals surface area contributed by atoms with Gasteiger partial charge in [0.05, 0.1) is 26.4 Å². The maximum atomic E-state index is 14.3. The number of carbonyl (C=O) groups is 1. The number of aliphatic hydroxyl groups is 1. The third kappa shape index (κ3) is 12.9. The van der Waals surface area contributed by atoms with Crippen LogP contribution in [0.3, 0.4) is 0 Å². The molecule has 10 rings (SSSR count). The Morgan fingerprint density at radius 2 is 1.03 bits per heavy atom. The Morgan fingerprint density at radius 3 is 1.43 bits per heavy atom. The lowest BCUT2D eigenvalue weighted by molar-refractivity contribution is -0.137. The van der Waals surface area contributed by atoms with E-state index in [9.17, 15) is 22.4 Å². The molecule has 0 saturated carbocycles. The molecule has 0 spiro atoms. The topological polar surface area (TPSA) is 102 Å². The molecule has 0 bridgehead atoms. The highest BCUT2D eigenvalue weighted by molar-refractivity contribution is 5.97. The quantitative estimate of drug-likeness (QED) is 0.0688. The fourth-order valence-electron chi connectivity index (χ4n) is 9.66. The van der Waals surface area contributed by atoms with Gasteiger partial charge in [-0.15, -0.1) is 0 Å². The summed E-state index contributed by atoms with van der Waals surface area (Å²) in [7, 11) is 0. The van der Waals surface area contributed by atoms with Crippen molar-refractivity contribution in [1.82, 2.24) is 0 Å². The number of fused-ring (bicyclic) bond motifs is 2. The zero-order chi connectivity index (χ0) is 52.4. The normalized spacial score (nSPS) is 19.4. The van der Waals surface area contributed by atoms with Crippen LogP contribution in [0.15, 0.2) is 133 Å². The fourth-order valence-corrected chi connectivity index (χ4v) is 9.66. The highest BCUT2D eigenvalue weighted by Gasteiger charge is 2.33. The average Bonchev–Trinajstić information content (AvgIpc) is 3.40. The molecule has 4 heterocycles. The number of esters is 1. The Kier molecular flexibility index (Phi) is 17.0. The van der Waals surface area contributed by atoms with Crippen molar-refractivity contribution in [2.75, 3.05) is 26.4 Å². The van der Waals surface area contributed by atoms with Gasteiger partial charge in [0.25, 0.3) is 0 Å². The Balaban J connectivity index is 0.000000184. The van der Waals surface area contributed by atoms with Crippen LogP contribution < -0.4 is 18.9 Å². The van der Waals surface area contributed by atoms with Crippen LogP contribution in [0.2, 0.25) is 0 Å². The standard InChI is InChI=1S/C32H30F2O5.C30H28F2O4/c1-3-36-29(35)14-9-21-7-10-22(11-8-21)32-31(23-16-24(33)18-25(34)17-23)20(2)27-13-12-26(19-28(27)39-32)38-30-6-4-5-15-37-30;1-19-26-12-11-25(35-28-6-2-3-14-34-28)18-27(26)36-30(21-9-7-20(8-10-21)5-4-13-33)29(19)22-15-23(31)17-24(32)16-22/h7-14,16-19,30,32H,3-6,15H2,1-2H3;4-5,7-12,15-18,28,30,33H,2-3,6,13-14H2,1H3/b14-9+;5-4+. The Morgan fingerprint density at radius 1 is 0.587 bits per heavy atom. The summed E-state index contributed by atoms with van der Waals surface area (Å²) in [5, 5.41) is 9.05. The lowest BCUT2D eigenvalue weighted by atomic mass is 9.86. The van der Waals surface area contributed by atoms with Gasteiger partial charge in [-0.3, -0.25) is 0 Å². The lowest BCUT2D eigenvalue weighted by Gasteiger charge is -2.32. The second-order valence-corrected chi connectivity index (χ2v) is 18.5. The summed E-state index contributed by atoms with van der Waals surface area (Å²) in [5.41, 5.74) is 8.91. The zero-order valence-corrected chi connectivity index (χ0v) is 42.0. The maximum absolute atomic E-state index is 14.3. The van der Waals surface area contributed by atoms with E-state index in [1.807, 2.05) is 105 Å². The number of benzene rings is 6. The first kappa shape index (κ1) is 52.4. The Bertz CT molecular complexity index is 3070. The van der Waals surface area contributed by atoms with Crippen LogP contribution in [-0.4, -0.2) is 50.1 Å². The summed E-state index contributed by atoms with van der Waals surface area (Å²) < 4.78 is 98.5. The molecule has 0 aromatic heterocycles. The van der Waals surface area contributed by atoms with Gasteiger partial charge in [-0.1, -0.05) is 60.7 Å². The van der Waals surface area contributed by atoms with Gasteiger partial charge < -0.3 is 38.3 Å². The molecule has 388 valence electrons. The molecule has 13 heteroatoms. The van der Waals surface area contributed by atoms with Crippen LogP contribution in [0.4, 0.5) is 17.6 Å². The molecule has 2 fully saturated rings. The molecule has 0 radical (unpaired) electrons. The summed E-state index contributed by atoms with van der Waals surface area (Å²) >= 11 is 0. The molecule has 4 aliphatic rings. The number of rotatable bonds is 13. The van der Waals surface area contributed by atoms with Crippen molar-refractivity contribution >= 4 is 40.4 Å². The molecule has 4 aliphatic heterocycles. The minimum atomic E-state index is -0.662. The van der Waals surface area contributed by atoms with Gasteiger partial charge in [0.15, 0.2) is 12.6 Å². The molecule has 9 nitrogen and oxygen atoms in total. The molecule has 4 unspecified atom stereocenters. The smallest absolute Gasteiger partial charge is 0.330 e. The molecule has 0 aliphatic carbocycles. The highest BCUT2D eigenvalue weighted by Crippen LogP contribution is 2.50. The number of allylic oxidation sites excluding steroid dienone is 2. The maximum Gasteiger partial charge on any atom is 0.330 e.